The Hall–Kier alpha value is 0.110. The van der Waals surface area contributed by atoms with Crippen molar-refractivity contribution in [2.45, 2.75) is 57.5 Å². The third kappa shape index (κ3) is 3.04. The summed E-state index contributed by atoms with van der Waals surface area (Å²) in [5.41, 5.74) is 0. The summed E-state index contributed by atoms with van der Waals surface area (Å²) in [5.74, 6) is 2.58. The van der Waals surface area contributed by atoms with E-state index in [-0.39, 0.29) is 0 Å². The summed E-state index contributed by atoms with van der Waals surface area (Å²) < 4.78 is 11.8. The quantitative estimate of drug-likeness (QED) is 0.785. The van der Waals surface area contributed by atoms with Gasteiger partial charge in [0.2, 0.25) is 0 Å². The van der Waals surface area contributed by atoms with Crippen LogP contribution in [-0.4, -0.2) is 27.8 Å². The van der Waals surface area contributed by atoms with Gasteiger partial charge in [-0.2, -0.15) is 0 Å². The van der Waals surface area contributed by atoms with E-state index >= 15 is 0 Å². The second-order valence-electron chi connectivity index (χ2n) is 5.05. The minimum Gasteiger partial charge on any atom is -0.309 e. The second-order valence-corrected chi connectivity index (χ2v) is 6.60. The van der Waals surface area contributed by atoms with Gasteiger partial charge in [0.05, 0.1) is 0 Å². The first kappa shape index (κ1) is 11.6. The van der Waals surface area contributed by atoms with Crippen LogP contribution in [0, 0.1) is 5.92 Å². The highest BCUT2D eigenvalue weighted by Gasteiger charge is 2.30. The van der Waals surface area contributed by atoms with Crippen LogP contribution < -0.4 is 5.32 Å². The minimum absolute atomic E-state index is 0.506. The number of hydrogen-bond donors (Lipinski definition) is 1. The molecular weight excluding hydrogens is 206 g/mol. The molecule has 1 aliphatic carbocycles. The zero-order chi connectivity index (χ0) is 10.7. The predicted molar refractivity (Wildman–Crippen MR) is 65.5 cm³/mol. The first-order valence-electron chi connectivity index (χ1n) is 6.40. The summed E-state index contributed by atoms with van der Waals surface area (Å²) >= 11 is 0. The summed E-state index contributed by atoms with van der Waals surface area (Å²) in [4.78, 5) is 0. The van der Waals surface area contributed by atoms with Crippen LogP contribution in [0.15, 0.2) is 0 Å². The molecule has 0 aromatic carbocycles. The molecule has 15 heavy (non-hydrogen) atoms. The fourth-order valence-electron chi connectivity index (χ4n) is 2.94. The first-order chi connectivity index (χ1) is 7.29. The summed E-state index contributed by atoms with van der Waals surface area (Å²) in [6.45, 7) is 2.19. The monoisotopic (exact) mass is 229 g/mol. The lowest BCUT2D eigenvalue weighted by molar-refractivity contribution is 0.263. The van der Waals surface area contributed by atoms with Gasteiger partial charge in [-0.1, -0.05) is 26.2 Å². The van der Waals surface area contributed by atoms with Crippen LogP contribution in [0.3, 0.4) is 0 Å². The molecule has 1 saturated carbocycles. The normalized spacial score (nSPS) is 39.1. The summed E-state index contributed by atoms with van der Waals surface area (Å²) in [6.07, 6.45) is 7.99. The fraction of sp³-hybridized carbons (Fsp3) is 1.00. The van der Waals surface area contributed by atoms with Crippen molar-refractivity contribution in [3.8, 4) is 0 Å². The van der Waals surface area contributed by atoms with E-state index in [2.05, 4.69) is 12.2 Å². The summed E-state index contributed by atoms with van der Waals surface area (Å²) in [5, 5.41) is 3.71. The number of nitrogens with one attached hydrogen (secondary N) is 1. The molecule has 3 unspecified atom stereocenters. The van der Waals surface area contributed by atoms with Crippen LogP contribution in [0.2, 0.25) is 0 Å². The van der Waals surface area contributed by atoms with Gasteiger partial charge < -0.3 is 5.32 Å². The molecule has 2 nitrogen and oxygen atoms in total. The molecule has 0 radical (unpaired) electrons. The van der Waals surface area contributed by atoms with E-state index < -0.39 is 10.8 Å². The molecule has 88 valence electrons. The number of hydrogen-bond acceptors (Lipinski definition) is 2. The van der Waals surface area contributed by atoms with Crippen molar-refractivity contribution in [1.29, 1.82) is 0 Å². The SMILES string of the molecule is CCC1CS(=O)CC(C2CCCCC2)N1. The molecule has 2 aliphatic rings. The van der Waals surface area contributed by atoms with Crippen LogP contribution >= 0.6 is 0 Å². The highest BCUT2D eigenvalue weighted by Crippen LogP contribution is 2.28. The van der Waals surface area contributed by atoms with Gasteiger partial charge in [0.25, 0.3) is 0 Å². The highest BCUT2D eigenvalue weighted by atomic mass is 32.2. The maximum absolute atomic E-state index is 11.8. The molecule has 1 aliphatic heterocycles. The van der Waals surface area contributed by atoms with Crippen molar-refractivity contribution in [1.82, 2.24) is 5.32 Å². The zero-order valence-corrected chi connectivity index (χ0v) is 10.5. The van der Waals surface area contributed by atoms with E-state index in [0.29, 0.717) is 12.1 Å². The molecule has 1 heterocycles. The average Bonchev–Trinajstić information content (AvgIpc) is 2.29. The molecule has 0 amide bonds. The lowest BCUT2D eigenvalue weighted by Crippen LogP contribution is -2.53. The van der Waals surface area contributed by atoms with E-state index in [9.17, 15) is 4.21 Å². The zero-order valence-electron chi connectivity index (χ0n) is 9.71. The molecule has 0 bridgehead atoms. The maximum Gasteiger partial charge on any atom is 0.0392 e. The van der Waals surface area contributed by atoms with Crippen LogP contribution in [-0.2, 0) is 10.8 Å². The van der Waals surface area contributed by atoms with Crippen molar-refractivity contribution in [2.24, 2.45) is 5.92 Å². The van der Waals surface area contributed by atoms with Gasteiger partial charge in [-0.15, -0.1) is 0 Å². The summed E-state index contributed by atoms with van der Waals surface area (Å²) in [7, 11) is -0.564. The first-order valence-corrected chi connectivity index (χ1v) is 7.89. The lowest BCUT2D eigenvalue weighted by Gasteiger charge is -2.37. The standard InChI is InChI=1S/C12H23NOS/c1-2-11-8-15(14)9-12(13-11)10-6-4-3-5-7-10/h10-13H,2-9H2,1H3. The highest BCUT2D eigenvalue weighted by molar-refractivity contribution is 7.85. The Bertz CT molecular complexity index is 226. The Morgan fingerprint density at radius 1 is 1.20 bits per heavy atom. The molecule has 3 heteroatoms. The van der Waals surface area contributed by atoms with Gasteiger partial charge in [-0.25, -0.2) is 0 Å². The van der Waals surface area contributed by atoms with E-state index in [1.807, 2.05) is 0 Å². The largest absolute Gasteiger partial charge is 0.309 e. The van der Waals surface area contributed by atoms with Gasteiger partial charge in [0.15, 0.2) is 0 Å². The molecule has 2 rings (SSSR count). The van der Waals surface area contributed by atoms with Gasteiger partial charge in [-0.05, 0) is 25.2 Å². The van der Waals surface area contributed by atoms with E-state index in [4.69, 9.17) is 0 Å². The van der Waals surface area contributed by atoms with Gasteiger partial charge in [0.1, 0.15) is 0 Å². The van der Waals surface area contributed by atoms with Crippen LogP contribution in [0.5, 0.6) is 0 Å². The van der Waals surface area contributed by atoms with Crippen molar-refractivity contribution < 1.29 is 4.21 Å². The molecule has 0 aromatic rings. The lowest BCUT2D eigenvalue weighted by atomic mass is 9.84. The third-order valence-electron chi connectivity index (χ3n) is 3.91. The molecule has 1 N–H and O–H groups in total. The average molecular weight is 229 g/mol. The number of rotatable bonds is 2. The van der Waals surface area contributed by atoms with Crippen molar-refractivity contribution in [3.05, 3.63) is 0 Å². The van der Waals surface area contributed by atoms with Crippen molar-refractivity contribution in [3.63, 3.8) is 0 Å². The van der Waals surface area contributed by atoms with E-state index in [0.717, 1.165) is 23.8 Å². The van der Waals surface area contributed by atoms with E-state index in [1.54, 1.807) is 0 Å². The van der Waals surface area contributed by atoms with E-state index in [1.165, 1.54) is 32.1 Å². The van der Waals surface area contributed by atoms with Gasteiger partial charge in [-0.3, -0.25) is 4.21 Å². The Kier molecular flexibility index (Phi) is 4.21. The molecule has 3 atom stereocenters. The Balaban J connectivity index is 1.92. The smallest absolute Gasteiger partial charge is 0.0392 e. The maximum atomic E-state index is 11.8. The van der Waals surface area contributed by atoms with Crippen molar-refractivity contribution in [2.75, 3.05) is 11.5 Å². The fourth-order valence-corrected chi connectivity index (χ4v) is 4.62. The molecular formula is C12H23NOS. The van der Waals surface area contributed by atoms with Crippen molar-refractivity contribution >= 4 is 10.8 Å². The van der Waals surface area contributed by atoms with Crippen LogP contribution in [0.25, 0.3) is 0 Å². The van der Waals surface area contributed by atoms with Crippen LogP contribution in [0.4, 0.5) is 0 Å². The molecule has 1 saturated heterocycles. The molecule has 0 spiro atoms. The minimum atomic E-state index is -0.564. The van der Waals surface area contributed by atoms with Gasteiger partial charge >= 0.3 is 0 Å². The van der Waals surface area contributed by atoms with Gasteiger partial charge in [0, 0.05) is 34.4 Å². The molecule has 2 fully saturated rings. The van der Waals surface area contributed by atoms with Crippen LogP contribution in [0.1, 0.15) is 45.4 Å². The Labute approximate surface area is 95.7 Å². The summed E-state index contributed by atoms with van der Waals surface area (Å²) in [6, 6.07) is 1.05. The Morgan fingerprint density at radius 2 is 1.93 bits per heavy atom. The second kappa shape index (κ2) is 5.44. The Morgan fingerprint density at radius 3 is 2.60 bits per heavy atom. The topological polar surface area (TPSA) is 29.1 Å². The third-order valence-corrected chi connectivity index (χ3v) is 5.42. The molecule has 0 aromatic heterocycles. The predicted octanol–water partition coefficient (Wildman–Crippen LogP) is 2.07.